The van der Waals surface area contributed by atoms with Gasteiger partial charge in [-0.05, 0) is 57.4 Å². The molecule has 2 unspecified atom stereocenters. The molecular formula is C18H27BrN2O3. The fraction of sp³-hybridized carbons (Fsp3) is 0.611. The molecule has 5 nitrogen and oxygen atoms in total. The van der Waals surface area contributed by atoms with Crippen molar-refractivity contribution in [2.75, 3.05) is 26.3 Å². The predicted molar refractivity (Wildman–Crippen MR) is 98.5 cm³/mol. The second-order valence-corrected chi connectivity index (χ2v) is 7.02. The Morgan fingerprint density at radius 2 is 1.92 bits per heavy atom. The first-order valence-electron chi connectivity index (χ1n) is 8.57. The minimum absolute atomic E-state index is 0.130. The minimum atomic E-state index is 0.130. The van der Waals surface area contributed by atoms with Crippen LogP contribution in [0.1, 0.15) is 32.8 Å². The van der Waals surface area contributed by atoms with Gasteiger partial charge in [-0.3, -0.25) is 4.79 Å². The van der Waals surface area contributed by atoms with Crippen LogP contribution in [0.15, 0.2) is 16.6 Å². The van der Waals surface area contributed by atoms with Crippen molar-refractivity contribution in [3.63, 3.8) is 0 Å². The van der Waals surface area contributed by atoms with Gasteiger partial charge in [0.2, 0.25) is 5.91 Å². The van der Waals surface area contributed by atoms with Gasteiger partial charge in [0, 0.05) is 17.1 Å². The standard InChI is InChI=1S/C18H27BrN2O3/c1-4-23-16-7-14(15(19)9-17(16)24-5-2)8-18(22)21-11-13(10-20)6-12(21)3/h7,9,12-13H,4-6,8,10-11,20H2,1-3H3. The normalized spacial score (nSPS) is 20.3. The third-order valence-corrected chi connectivity index (χ3v) is 5.11. The van der Waals surface area contributed by atoms with E-state index in [1.165, 1.54) is 0 Å². The lowest BCUT2D eigenvalue weighted by Gasteiger charge is -2.22. The SMILES string of the molecule is CCOc1cc(Br)c(CC(=O)N2CC(CN)CC2C)cc1OCC. The number of nitrogens with two attached hydrogens (primary N) is 1. The fourth-order valence-corrected chi connectivity index (χ4v) is 3.64. The molecule has 1 heterocycles. The molecule has 24 heavy (non-hydrogen) atoms. The summed E-state index contributed by atoms with van der Waals surface area (Å²) in [7, 11) is 0. The molecule has 1 amide bonds. The van der Waals surface area contributed by atoms with Crippen molar-refractivity contribution in [2.24, 2.45) is 11.7 Å². The van der Waals surface area contributed by atoms with Crippen molar-refractivity contribution in [3.05, 3.63) is 22.2 Å². The third kappa shape index (κ3) is 4.42. The van der Waals surface area contributed by atoms with Gasteiger partial charge in [-0.15, -0.1) is 0 Å². The molecule has 1 aliphatic rings. The molecular weight excluding hydrogens is 372 g/mol. The molecule has 1 aliphatic heterocycles. The zero-order valence-electron chi connectivity index (χ0n) is 14.7. The average Bonchev–Trinajstić information content (AvgIpc) is 2.93. The van der Waals surface area contributed by atoms with Crippen LogP contribution in [0.5, 0.6) is 11.5 Å². The molecule has 1 fully saturated rings. The Kier molecular flexibility index (Phi) is 6.92. The summed E-state index contributed by atoms with van der Waals surface area (Å²) >= 11 is 3.55. The van der Waals surface area contributed by atoms with Crippen LogP contribution in [0.3, 0.4) is 0 Å². The molecule has 1 aromatic rings. The third-order valence-electron chi connectivity index (χ3n) is 4.37. The lowest BCUT2D eigenvalue weighted by Crippen LogP contribution is -2.35. The van der Waals surface area contributed by atoms with E-state index in [1.807, 2.05) is 30.9 Å². The first-order valence-corrected chi connectivity index (χ1v) is 9.36. The lowest BCUT2D eigenvalue weighted by atomic mass is 10.1. The maximum atomic E-state index is 12.7. The quantitative estimate of drug-likeness (QED) is 0.766. The second kappa shape index (κ2) is 8.72. The molecule has 6 heteroatoms. The zero-order valence-corrected chi connectivity index (χ0v) is 16.3. The Balaban J connectivity index is 2.16. The maximum Gasteiger partial charge on any atom is 0.227 e. The summed E-state index contributed by atoms with van der Waals surface area (Å²) in [5, 5.41) is 0. The molecule has 2 rings (SSSR count). The van der Waals surface area contributed by atoms with Crippen molar-refractivity contribution in [2.45, 2.75) is 39.7 Å². The Bertz CT molecular complexity index is 580. The Morgan fingerprint density at radius 3 is 2.46 bits per heavy atom. The van der Waals surface area contributed by atoms with E-state index in [1.54, 1.807) is 0 Å². The van der Waals surface area contributed by atoms with Gasteiger partial charge in [-0.2, -0.15) is 0 Å². The van der Waals surface area contributed by atoms with Gasteiger partial charge in [0.1, 0.15) is 0 Å². The molecule has 0 saturated carbocycles. The molecule has 2 atom stereocenters. The van der Waals surface area contributed by atoms with Crippen LogP contribution in [0.25, 0.3) is 0 Å². The highest BCUT2D eigenvalue weighted by atomic mass is 79.9. The number of likely N-dealkylation sites (tertiary alicyclic amines) is 1. The van der Waals surface area contributed by atoms with Crippen LogP contribution in [0, 0.1) is 5.92 Å². The fourth-order valence-electron chi connectivity index (χ4n) is 3.17. The van der Waals surface area contributed by atoms with E-state index < -0.39 is 0 Å². The van der Waals surface area contributed by atoms with E-state index in [2.05, 4.69) is 22.9 Å². The van der Waals surface area contributed by atoms with Crippen LogP contribution in [0.2, 0.25) is 0 Å². The Hall–Kier alpha value is -1.27. The highest BCUT2D eigenvalue weighted by Gasteiger charge is 2.31. The molecule has 0 aromatic heterocycles. The number of hydrogen-bond acceptors (Lipinski definition) is 4. The number of rotatable bonds is 7. The Labute approximate surface area is 152 Å². The van der Waals surface area contributed by atoms with E-state index in [0.717, 1.165) is 23.0 Å². The monoisotopic (exact) mass is 398 g/mol. The molecule has 1 saturated heterocycles. The summed E-state index contributed by atoms with van der Waals surface area (Å²) in [5.41, 5.74) is 6.67. The van der Waals surface area contributed by atoms with Crippen LogP contribution < -0.4 is 15.2 Å². The predicted octanol–water partition coefficient (Wildman–Crippen LogP) is 2.98. The van der Waals surface area contributed by atoms with Crippen molar-refractivity contribution in [1.82, 2.24) is 4.90 Å². The molecule has 134 valence electrons. The smallest absolute Gasteiger partial charge is 0.227 e. The summed E-state index contributed by atoms with van der Waals surface area (Å²) in [4.78, 5) is 14.7. The first kappa shape index (κ1) is 19.1. The van der Waals surface area contributed by atoms with Crippen LogP contribution in [-0.2, 0) is 11.2 Å². The second-order valence-electron chi connectivity index (χ2n) is 6.17. The van der Waals surface area contributed by atoms with Gasteiger partial charge in [0.15, 0.2) is 11.5 Å². The summed E-state index contributed by atoms with van der Waals surface area (Å²) in [6.45, 7) is 8.46. The molecule has 0 radical (unpaired) electrons. The molecule has 0 spiro atoms. The summed E-state index contributed by atoms with van der Waals surface area (Å²) in [5.74, 6) is 1.91. The van der Waals surface area contributed by atoms with Crippen molar-refractivity contribution in [1.29, 1.82) is 0 Å². The summed E-state index contributed by atoms with van der Waals surface area (Å²) in [6, 6.07) is 4.03. The minimum Gasteiger partial charge on any atom is -0.490 e. The van der Waals surface area contributed by atoms with Gasteiger partial charge < -0.3 is 20.1 Å². The van der Waals surface area contributed by atoms with Crippen molar-refractivity contribution in [3.8, 4) is 11.5 Å². The van der Waals surface area contributed by atoms with Gasteiger partial charge in [-0.25, -0.2) is 0 Å². The number of amides is 1. The number of nitrogens with zero attached hydrogens (tertiary/aromatic N) is 1. The van der Waals surface area contributed by atoms with Crippen LogP contribution >= 0.6 is 15.9 Å². The van der Waals surface area contributed by atoms with Crippen LogP contribution in [0.4, 0.5) is 0 Å². The van der Waals surface area contributed by atoms with Crippen molar-refractivity contribution < 1.29 is 14.3 Å². The number of benzene rings is 1. The van der Waals surface area contributed by atoms with E-state index in [4.69, 9.17) is 15.2 Å². The van der Waals surface area contributed by atoms with Gasteiger partial charge in [0.05, 0.1) is 19.6 Å². The molecule has 1 aromatic carbocycles. The number of carbonyl (C=O) groups is 1. The molecule has 0 bridgehead atoms. The number of ether oxygens (including phenoxy) is 2. The summed E-state index contributed by atoms with van der Waals surface area (Å²) in [6.07, 6.45) is 1.32. The lowest BCUT2D eigenvalue weighted by molar-refractivity contribution is -0.131. The summed E-state index contributed by atoms with van der Waals surface area (Å²) < 4.78 is 12.1. The number of carbonyl (C=O) groups excluding carboxylic acids is 1. The van der Waals surface area contributed by atoms with Gasteiger partial charge >= 0.3 is 0 Å². The zero-order chi connectivity index (χ0) is 17.7. The van der Waals surface area contributed by atoms with Crippen molar-refractivity contribution >= 4 is 21.8 Å². The number of halogens is 1. The first-order chi connectivity index (χ1) is 11.5. The largest absolute Gasteiger partial charge is 0.490 e. The Morgan fingerprint density at radius 1 is 1.29 bits per heavy atom. The van der Waals surface area contributed by atoms with Gasteiger partial charge in [-0.1, -0.05) is 15.9 Å². The highest BCUT2D eigenvalue weighted by molar-refractivity contribution is 9.10. The van der Waals surface area contributed by atoms with E-state index in [9.17, 15) is 4.79 Å². The topological polar surface area (TPSA) is 64.8 Å². The van der Waals surface area contributed by atoms with E-state index in [-0.39, 0.29) is 11.9 Å². The van der Waals surface area contributed by atoms with Crippen LogP contribution in [-0.4, -0.2) is 43.2 Å². The molecule has 0 aliphatic carbocycles. The number of hydrogen-bond donors (Lipinski definition) is 1. The highest BCUT2D eigenvalue weighted by Crippen LogP contribution is 2.34. The maximum absolute atomic E-state index is 12.7. The average molecular weight is 399 g/mol. The molecule has 2 N–H and O–H groups in total. The van der Waals surface area contributed by atoms with E-state index in [0.29, 0.717) is 43.6 Å². The van der Waals surface area contributed by atoms with Gasteiger partial charge in [0.25, 0.3) is 0 Å². The van der Waals surface area contributed by atoms with E-state index >= 15 is 0 Å².